The fraction of sp³-hybridized carbons (Fsp3) is 0.909. The summed E-state index contributed by atoms with van der Waals surface area (Å²) in [5.74, 6) is 1.22. The lowest BCUT2D eigenvalue weighted by Gasteiger charge is -2.21. The first-order valence-electron chi connectivity index (χ1n) is 5.81. The third-order valence-electron chi connectivity index (χ3n) is 2.64. The van der Waals surface area contributed by atoms with Crippen LogP contribution in [0, 0.1) is 0 Å². The second-order valence-corrected chi connectivity index (χ2v) is 5.33. The minimum absolute atomic E-state index is 0.645. The third kappa shape index (κ3) is 5.42. The topological polar surface area (TPSA) is 27.6 Å². The van der Waals surface area contributed by atoms with Gasteiger partial charge in [-0.05, 0) is 40.3 Å². The number of thioether (sulfide) groups is 1. The summed E-state index contributed by atoms with van der Waals surface area (Å²) in [6.07, 6.45) is 2.42. The van der Waals surface area contributed by atoms with Crippen molar-refractivity contribution in [2.75, 3.05) is 32.4 Å². The van der Waals surface area contributed by atoms with Crippen molar-refractivity contribution < 1.29 is 0 Å². The van der Waals surface area contributed by atoms with Gasteiger partial charge in [0.25, 0.3) is 0 Å². The smallest absolute Gasteiger partial charge is 0.156 e. The lowest BCUT2D eigenvalue weighted by atomic mass is 10.3. The molecule has 3 nitrogen and oxygen atoms in total. The maximum absolute atomic E-state index is 4.44. The number of nitrogens with one attached hydrogen (secondary N) is 1. The Labute approximate surface area is 97.7 Å². The summed E-state index contributed by atoms with van der Waals surface area (Å²) in [6.45, 7) is 7.66. The first-order chi connectivity index (χ1) is 7.20. The third-order valence-corrected chi connectivity index (χ3v) is 3.68. The van der Waals surface area contributed by atoms with Crippen LogP contribution in [-0.2, 0) is 0 Å². The monoisotopic (exact) mass is 229 g/mol. The van der Waals surface area contributed by atoms with Gasteiger partial charge in [0.05, 0.1) is 0 Å². The predicted octanol–water partition coefficient (Wildman–Crippen LogP) is 1.80. The van der Waals surface area contributed by atoms with Crippen molar-refractivity contribution in [3.8, 4) is 0 Å². The quantitative estimate of drug-likeness (QED) is 0.729. The molecule has 1 aliphatic heterocycles. The zero-order chi connectivity index (χ0) is 11.1. The average molecular weight is 229 g/mol. The van der Waals surface area contributed by atoms with E-state index < -0.39 is 0 Å². The highest BCUT2D eigenvalue weighted by atomic mass is 32.2. The van der Waals surface area contributed by atoms with Gasteiger partial charge in [-0.25, -0.2) is 0 Å². The van der Waals surface area contributed by atoms with Gasteiger partial charge in [-0.15, -0.1) is 0 Å². The molecule has 0 saturated heterocycles. The molecule has 1 N–H and O–H groups in total. The molecule has 0 bridgehead atoms. The van der Waals surface area contributed by atoms with Gasteiger partial charge in [-0.2, -0.15) is 0 Å². The van der Waals surface area contributed by atoms with E-state index >= 15 is 0 Å². The molecule has 0 unspecified atom stereocenters. The molecular formula is C11H23N3S. The van der Waals surface area contributed by atoms with Gasteiger partial charge in [0, 0.05) is 24.9 Å². The lowest BCUT2D eigenvalue weighted by Crippen LogP contribution is -2.31. The lowest BCUT2D eigenvalue weighted by molar-refractivity contribution is 0.271. The fourth-order valence-electron chi connectivity index (χ4n) is 1.35. The molecule has 0 spiro atoms. The van der Waals surface area contributed by atoms with Gasteiger partial charge in [0.1, 0.15) is 0 Å². The average Bonchev–Trinajstić information content (AvgIpc) is 2.25. The van der Waals surface area contributed by atoms with Crippen LogP contribution in [0.15, 0.2) is 4.99 Å². The van der Waals surface area contributed by atoms with E-state index in [1.54, 1.807) is 0 Å². The Balaban J connectivity index is 2.03. The molecule has 0 atom stereocenters. The van der Waals surface area contributed by atoms with E-state index in [4.69, 9.17) is 0 Å². The Hall–Kier alpha value is -0.220. The molecule has 0 aromatic heterocycles. The highest BCUT2D eigenvalue weighted by Gasteiger charge is 2.05. The molecule has 0 aromatic carbocycles. The predicted molar refractivity (Wildman–Crippen MR) is 69.8 cm³/mol. The zero-order valence-corrected chi connectivity index (χ0v) is 10.9. The van der Waals surface area contributed by atoms with Crippen molar-refractivity contribution in [2.24, 2.45) is 4.99 Å². The Morgan fingerprint density at radius 2 is 2.33 bits per heavy atom. The van der Waals surface area contributed by atoms with Crippen LogP contribution in [0.1, 0.15) is 26.7 Å². The van der Waals surface area contributed by atoms with Crippen molar-refractivity contribution in [3.63, 3.8) is 0 Å². The van der Waals surface area contributed by atoms with Gasteiger partial charge in [-0.1, -0.05) is 11.8 Å². The molecule has 0 radical (unpaired) electrons. The largest absolute Gasteiger partial charge is 0.365 e. The molecular weight excluding hydrogens is 206 g/mol. The van der Waals surface area contributed by atoms with Crippen LogP contribution in [0.25, 0.3) is 0 Å². The summed E-state index contributed by atoms with van der Waals surface area (Å²) in [7, 11) is 2.18. The molecule has 1 rings (SSSR count). The van der Waals surface area contributed by atoms with E-state index in [0.29, 0.717) is 6.04 Å². The SMILES string of the molecule is CC(C)N(C)CCCNC1=NCCCS1. The molecule has 88 valence electrons. The van der Waals surface area contributed by atoms with Crippen LogP contribution in [0.3, 0.4) is 0 Å². The number of hydrogen-bond donors (Lipinski definition) is 1. The highest BCUT2D eigenvalue weighted by molar-refractivity contribution is 8.13. The van der Waals surface area contributed by atoms with Gasteiger partial charge in [0.2, 0.25) is 0 Å². The molecule has 0 amide bonds. The van der Waals surface area contributed by atoms with E-state index in [0.717, 1.165) is 24.8 Å². The normalized spacial score (nSPS) is 17.0. The van der Waals surface area contributed by atoms with E-state index in [2.05, 4.69) is 36.1 Å². The Kier molecular flexibility index (Phi) is 6.10. The van der Waals surface area contributed by atoms with Crippen molar-refractivity contribution in [1.82, 2.24) is 10.2 Å². The van der Waals surface area contributed by atoms with Crippen LogP contribution in [0.2, 0.25) is 0 Å². The summed E-state index contributed by atoms with van der Waals surface area (Å²) < 4.78 is 0. The fourth-order valence-corrected chi connectivity index (χ4v) is 2.20. The minimum atomic E-state index is 0.645. The van der Waals surface area contributed by atoms with E-state index in [-0.39, 0.29) is 0 Å². The molecule has 0 aromatic rings. The van der Waals surface area contributed by atoms with Crippen molar-refractivity contribution in [1.29, 1.82) is 0 Å². The molecule has 0 aliphatic carbocycles. The van der Waals surface area contributed by atoms with Crippen molar-refractivity contribution in [2.45, 2.75) is 32.7 Å². The summed E-state index contributed by atoms with van der Waals surface area (Å²) >= 11 is 1.85. The Morgan fingerprint density at radius 1 is 1.53 bits per heavy atom. The molecule has 1 heterocycles. The number of aliphatic imine (C=N–C) groups is 1. The maximum Gasteiger partial charge on any atom is 0.156 e. The van der Waals surface area contributed by atoms with Crippen molar-refractivity contribution >= 4 is 16.9 Å². The molecule has 0 fully saturated rings. The van der Waals surface area contributed by atoms with Crippen LogP contribution >= 0.6 is 11.8 Å². The zero-order valence-electron chi connectivity index (χ0n) is 10.1. The van der Waals surface area contributed by atoms with Gasteiger partial charge in [-0.3, -0.25) is 4.99 Å². The standard InChI is InChI=1S/C11H23N3S/c1-10(2)14(3)8-4-6-12-11-13-7-5-9-15-11/h10H,4-9H2,1-3H3,(H,12,13). The minimum Gasteiger partial charge on any atom is -0.365 e. The van der Waals surface area contributed by atoms with Crippen molar-refractivity contribution in [3.05, 3.63) is 0 Å². The molecule has 1 aliphatic rings. The second kappa shape index (κ2) is 7.12. The number of rotatable bonds is 5. The van der Waals surface area contributed by atoms with Crippen LogP contribution in [-0.4, -0.2) is 48.5 Å². The first kappa shape index (κ1) is 12.8. The summed E-state index contributed by atoms with van der Waals surface area (Å²) in [6, 6.07) is 0.645. The Morgan fingerprint density at radius 3 is 2.93 bits per heavy atom. The molecule has 15 heavy (non-hydrogen) atoms. The summed E-state index contributed by atoms with van der Waals surface area (Å²) in [4.78, 5) is 6.81. The van der Waals surface area contributed by atoms with Gasteiger partial charge < -0.3 is 10.2 Å². The van der Waals surface area contributed by atoms with Crippen LogP contribution in [0.5, 0.6) is 0 Å². The Bertz CT molecular complexity index is 204. The highest BCUT2D eigenvalue weighted by Crippen LogP contribution is 2.09. The van der Waals surface area contributed by atoms with E-state index in [1.165, 1.54) is 18.6 Å². The number of nitrogens with zero attached hydrogens (tertiary/aromatic N) is 2. The number of hydrogen-bond acceptors (Lipinski definition) is 4. The first-order valence-corrected chi connectivity index (χ1v) is 6.80. The van der Waals surface area contributed by atoms with E-state index in [1.807, 2.05) is 11.8 Å². The number of amidine groups is 1. The van der Waals surface area contributed by atoms with Crippen LogP contribution < -0.4 is 5.32 Å². The molecule has 4 heteroatoms. The summed E-state index contributed by atoms with van der Waals surface area (Å²) in [5.41, 5.74) is 0. The van der Waals surface area contributed by atoms with Crippen LogP contribution in [0.4, 0.5) is 0 Å². The van der Waals surface area contributed by atoms with E-state index in [9.17, 15) is 0 Å². The second-order valence-electron chi connectivity index (χ2n) is 4.24. The maximum atomic E-state index is 4.44. The van der Waals surface area contributed by atoms with Gasteiger partial charge in [0.15, 0.2) is 5.17 Å². The molecule has 0 saturated carbocycles. The summed E-state index contributed by atoms with van der Waals surface area (Å²) in [5, 5.41) is 4.55. The van der Waals surface area contributed by atoms with Gasteiger partial charge >= 0.3 is 0 Å².